The van der Waals surface area contributed by atoms with Gasteiger partial charge in [-0.1, -0.05) is 42.5 Å². The Balaban J connectivity index is 2.19. The smallest absolute Gasteiger partial charge is 0.133 e. The van der Waals surface area contributed by atoms with Crippen molar-refractivity contribution in [2.24, 2.45) is 0 Å². The lowest BCUT2D eigenvalue weighted by Gasteiger charge is -2.14. The molecule has 2 aromatic rings. The average Bonchev–Trinajstić information content (AvgIpc) is 2.38. The summed E-state index contributed by atoms with van der Waals surface area (Å²) >= 11 is 11.9. The van der Waals surface area contributed by atoms with Crippen molar-refractivity contribution in [3.05, 3.63) is 64.7 Å². The molecular weight excluding hydrogens is 279 g/mol. The molecule has 0 heterocycles. The fraction of sp³-hybridized carbons (Fsp3) is 0.250. The molecule has 0 aliphatic rings. The van der Waals surface area contributed by atoms with Gasteiger partial charge in [0.2, 0.25) is 0 Å². The molecule has 2 rings (SSSR count). The Hall–Kier alpha value is -1.18. The molecule has 19 heavy (non-hydrogen) atoms. The number of halogens is 2. The highest BCUT2D eigenvalue weighted by Crippen LogP contribution is 2.29. The van der Waals surface area contributed by atoms with Gasteiger partial charge in [-0.3, -0.25) is 0 Å². The molecule has 0 unspecified atom stereocenters. The first kappa shape index (κ1) is 14.2. The van der Waals surface area contributed by atoms with E-state index in [1.54, 1.807) is 0 Å². The van der Waals surface area contributed by atoms with E-state index in [0.717, 1.165) is 28.0 Å². The van der Waals surface area contributed by atoms with Crippen LogP contribution in [-0.2, 0) is 6.61 Å². The van der Waals surface area contributed by atoms with Crippen molar-refractivity contribution in [1.82, 2.24) is 0 Å². The van der Waals surface area contributed by atoms with Crippen LogP contribution >= 0.6 is 23.2 Å². The van der Waals surface area contributed by atoms with E-state index in [1.807, 2.05) is 56.3 Å². The summed E-state index contributed by atoms with van der Waals surface area (Å²) in [6.45, 7) is 4.55. The van der Waals surface area contributed by atoms with Gasteiger partial charge in [0.15, 0.2) is 0 Å². The quantitative estimate of drug-likeness (QED) is 0.690. The lowest BCUT2D eigenvalue weighted by Crippen LogP contribution is -2.02. The Bertz CT molecular complexity index is 544. The first-order valence-corrected chi connectivity index (χ1v) is 7.02. The summed E-state index contributed by atoms with van der Waals surface area (Å²) in [6.07, 6.45) is 0. The number of hydrogen-bond acceptors (Lipinski definition) is 1. The lowest BCUT2D eigenvalue weighted by molar-refractivity contribution is 0.301. The monoisotopic (exact) mass is 294 g/mol. The minimum absolute atomic E-state index is 0.470. The second-order valence-electron chi connectivity index (χ2n) is 4.51. The van der Waals surface area contributed by atoms with E-state index in [9.17, 15) is 0 Å². The standard InChI is InChI=1S/C16H16Cl2O/c1-11-6-5-7-12(2)15(11)19-10-13-8-3-4-9-14(13)16(17)18/h3-9,16H,10H2,1-2H3. The Morgan fingerprint density at radius 2 is 1.58 bits per heavy atom. The van der Waals surface area contributed by atoms with Crippen LogP contribution in [0.25, 0.3) is 0 Å². The Morgan fingerprint density at radius 1 is 0.947 bits per heavy atom. The molecular formula is C16H16Cl2O. The van der Waals surface area contributed by atoms with Crippen molar-refractivity contribution >= 4 is 23.2 Å². The number of aryl methyl sites for hydroxylation is 2. The summed E-state index contributed by atoms with van der Waals surface area (Å²) in [5, 5.41) is 0. The van der Waals surface area contributed by atoms with Crippen molar-refractivity contribution in [1.29, 1.82) is 0 Å². The molecule has 0 aliphatic carbocycles. The van der Waals surface area contributed by atoms with Crippen LogP contribution in [-0.4, -0.2) is 0 Å². The minimum Gasteiger partial charge on any atom is -0.488 e. The van der Waals surface area contributed by atoms with Gasteiger partial charge in [0.1, 0.15) is 17.2 Å². The van der Waals surface area contributed by atoms with Crippen molar-refractivity contribution in [2.45, 2.75) is 25.3 Å². The lowest BCUT2D eigenvalue weighted by atomic mass is 10.1. The summed E-state index contributed by atoms with van der Waals surface area (Å²) in [6, 6.07) is 13.9. The predicted octanol–water partition coefficient (Wildman–Crippen LogP) is 5.36. The third-order valence-corrected chi connectivity index (χ3v) is 3.54. The maximum Gasteiger partial charge on any atom is 0.133 e. The topological polar surface area (TPSA) is 9.23 Å². The number of benzene rings is 2. The second kappa shape index (κ2) is 6.31. The first-order valence-electron chi connectivity index (χ1n) is 6.14. The molecule has 0 N–H and O–H groups in total. The largest absolute Gasteiger partial charge is 0.488 e. The molecule has 0 fully saturated rings. The highest BCUT2D eigenvalue weighted by Gasteiger charge is 2.10. The van der Waals surface area contributed by atoms with E-state index in [4.69, 9.17) is 27.9 Å². The van der Waals surface area contributed by atoms with Gasteiger partial charge in [0, 0.05) is 0 Å². The first-order chi connectivity index (χ1) is 9.09. The molecule has 0 saturated heterocycles. The molecule has 0 aromatic heterocycles. The third kappa shape index (κ3) is 3.43. The third-order valence-electron chi connectivity index (χ3n) is 3.07. The van der Waals surface area contributed by atoms with Gasteiger partial charge in [-0.15, -0.1) is 23.2 Å². The Labute approximate surface area is 124 Å². The summed E-state index contributed by atoms with van der Waals surface area (Å²) in [5.41, 5.74) is 4.17. The molecule has 2 aromatic carbocycles. The van der Waals surface area contributed by atoms with Crippen LogP contribution in [0.5, 0.6) is 5.75 Å². The Kier molecular flexibility index (Phi) is 4.73. The molecule has 0 atom stereocenters. The van der Waals surface area contributed by atoms with Crippen LogP contribution in [0.15, 0.2) is 42.5 Å². The van der Waals surface area contributed by atoms with Crippen LogP contribution < -0.4 is 4.74 Å². The zero-order valence-electron chi connectivity index (χ0n) is 11.0. The van der Waals surface area contributed by atoms with Crippen LogP contribution in [0.3, 0.4) is 0 Å². The summed E-state index contributed by atoms with van der Waals surface area (Å²) in [4.78, 5) is -0.530. The minimum atomic E-state index is -0.530. The highest BCUT2D eigenvalue weighted by atomic mass is 35.5. The summed E-state index contributed by atoms with van der Waals surface area (Å²) in [7, 11) is 0. The van der Waals surface area contributed by atoms with Crippen LogP contribution in [0.2, 0.25) is 0 Å². The molecule has 100 valence electrons. The van der Waals surface area contributed by atoms with Crippen molar-refractivity contribution in [3.8, 4) is 5.75 Å². The fourth-order valence-electron chi connectivity index (χ4n) is 2.06. The molecule has 3 heteroatoms. The Morgan fingerprint density at radius 3 is 2.21 bits per heavy atom. The number of para-hydroxylation sites is 1. The van der Waals surface area contributed by atoms with Crippen LogP contribution in [0, 0.1) is 13.8 Å². The van der Waals surface area contributed by atoms with Gasteiger partial charge in [-0.2, -0.15) is 0 Å². The van der Waals surface area contributed by atoms with E-state index in [0.29, 0.717) is 6.61 Å². The summed E-state index contributed by atoms with van der Waals surface area (Å²) < 4.78 is 5.93. The fourth-order valence-corrected chi connectivity index (χ4v) is 2.48. The number of alkyl halides is 2. The summed E-state index contributed by atoms with van der Waals surface area (Å²) in [5.74, 6) is 0.929. The number of hydrogen-bond donors (Lipinski definition) is 0. The van der Waals surface area contributed by atoms with Gasteiger partial charge in [-0.25, -0.2) is 0 Å². The van der Waals surface area contributed by atoms with Gasteiger partial charge in [0.25, 0.3) is 0 Å². The van der Waals surface area contributed by atoms with Gasteiger partial charge in [0.05, 0.1) is 0 Å². The molecule has 0 amide bonds. The van der Waals surface area contributed by atoms with E-state index in [-0.39, 0.29) is 0 Å². The van der Waals surface area contributed by atoms with Crippen molar-refractivity contribution in [3.63, 3.8) is 0 Å². The maximum absolute atomic E-state index is 5.96. The van der Waals surface area contributed by atoms with E-state index >= 15 is 0 Å². The normalized spacial score (nSPS) is 10.8. The van der Waals surface area contributed by atoms with Gasteiger partial charge < -0.3 is 4.74 Å². The predicted molar refractivity (Wildman–Crippen MR) is 81.1 cm³/mol. The molecule has 0 bridgehead atoms. The molecule has 0 spiro atoms. The maximum atomic E-state index is 5.96. The zero-order valence-corrected chi connectivity index (χ0v) is 12.5. The highest BCUT2D eigenvalue weighted by molar-refractivity contribution is 6.44. The van der Waals surface area contributed by atoms with E-state index in [2.05, 4.69) is 0 Å². The molecule has 0 saturated carbocycles. The van der Waals surface area contributed by atoms with Gasteiger partial charge >= 0.3 is 0 Å². The van der Waals surface area contributed by atoms with Crippen molar-refractivity contribution < 1.29 is 4.74 Å². The van der Waals surface area contributed by atoms with Gasteiger partial charge in [-0.05, 0) is 36.1 Å². The van der Waals surface area contributed by atoms with E-state index < -0.39 is 4.84 Å². The molecule has 1 nitrogen and oxygen atoms in total. The number of rotatable bonds is 4. The average molecular weight is 295 g/mol. The van der Waals surface area contributed by atoms with Crippen LogP contribution in [0.4, 0.5) is 0 Å². The second-order valence-corrected chi connectivity index (χ2v) is 5.61. The SMILES string of the molecule is Cc1cccc(C)c1OCc1ccccc1C(Cl)Cl. The van der Waals surface area contributed by atoms with Crippen molar-refractivity contribution in [2.75, 3.05) is 0 Å². The number of ether oxygens (including phenoxy) is 1. The zero-order chi connectivity index (χ0) is 13.8. The molecule has 0 radical (unpaired) electrons. The molecule has 0 aliphatic heterocycles. The van der Waals surface area contributed by atoms with Crippen LogP contribution in [0.1, 0.15) is 27.1 Å². The van der Waals surface area contributed by atoms with E-state index in [1.165, 1.54) is 0 Å².